The van der Waals surface area contributed by atoms with Crippen LogP contribution in [0.2, 0.25) is 0 Å². The average Bonchev–Trinajstić information content (AvgIpc) is 2.96. The molecule has 0 fully saturated rings. The number of hydrogen-bond acceptors (Lipinski definition) is 8. The number of nitrogens with two attached hydrogens (primary N) is 1. The van der Waals surface area contributed by atoms with E-state index in [1.54, 1.807) is 45.0 Å². The van der Waals surface area contributed by atoms with Crippen LogP contribution in [0.25, 0.3) is 0 Å². The molecule has 1 unspecified atom stereocenters. The third-order valence-electron chi connectivity index (χ3n) is 5.30. The van der Waals surface area contributed by atoms with Crippen LogP contribution in [0.3, 0.4) is 0 Å². The second kappa shape index (κ2) is 24.3. The van der Waals surface area contributed by atoms with Crippen molar-refractivity contribution in [1.82, 2.24) is 21.3 Å². The van der Waals surface area contributed by atoms with E-state index in [0.717, 1.165) is 12.0 Å². The summed E-state index contributed by atoms with van der Waals surface area (Å²) in [5.74, 6) is -2.45. The molecule has 0 saturated heterocycles. The lowest BCUT2D eigenvalue weighted by Crippen LogP contribution is -2.52. The van der Waals surface area contributed by atoms with Gasteiger partial charge in [-0.3, -0.25) is 24.0 Å². The van der Waals surface area contributed by atoms with Crippen LogP contribution in [0.1, 0.15) is 73.8 Å². The Hall–Kier alpha value is -4.20. The molecule has 0 radical (unpaired) electrons. The van der Waals surface area contributed by atoms with Gasteiger partial charge in [-0.15, -0.1) is 0 Å². The lowest BCUT2D eigenvalue weighted by Gasteiger charge is -2.22. The quantitative estimate of drug-likeness (QED) is 0.142. The van der Waals surface area contributed by atoms with Crippen LogP contribution in [0.4, 0.5) is 10.5 Å². The highest BCUT2D eigenvalue weighted by molar-refractivity contribution is 5.96. The molecule has 14 heteroatoms. The predicted molar refractivity (Wildman–Crippen MR) is 168 cm³/mol. The highest BCUT2D eigenvalue weighted by Gasteiger charge is 2.24. The lowest BCUT2D eigenvalue weighted by molar-refractivity contribution is -0.148. The number of carboxylic acids is 1. The highest BCUT2D eigenvalue weighted by Crippen LogP contribution is 2.11. The van der Waals surface area contributed by atoms with Gasteiger partial charge < -0.3 is 42.2 Å². The number of esters is 1. The number of ether oxygens (including phenoxy) is 1. The molecule has 5 amide bonds. The Balaban J connectivity index is 0. The number of carboxylic acid groups (broad SMARTS) is 1. The minimum atomic E-state index is -0.745. The topological polar surface area (TPSA) is 218 Å². The molecular weight excluding hydrogens is 572 g/mol. The number of amides is 5. The molecule has 0 aliphatic carbocycles. The standard InChI is InChI=1S/C23H36N4O5.C4H10N2O.C3H6O2/c1-14(2)21(27-20(29)11-24-16(5)6)22(30)25-12-19(28)26-18-9-7-17(8-10-18)13-32-23(31)15(3)4;1-2-3-6-4(5)7;1-2-3(4)5/h7-10,14-16,21,24H,11-13H2,1-6H3,(H,25,30)(H,26,28)(H,27,29);2-3H2,1H3,(H3,5,6,7);2H2,1H3,(H,4,5). The van der Waals surface area contributed by atoms with Crippen molar-refractivity contribution in [1.29, 1.82) is 0 Å². The van der Waals surface area contributed by atoms with Gasteiger partial charge in [0.05, 0.1) is 19.0 Å². The van der Waals surface area contributed by atoms with Crippen molar-refractivity contribution in [2.45, 2.75) is 86.9 Å². The minimum Gasteiger partial charge on any atom is -0.481 e. The predicted octanol–water partition coefficient (Wildman–Crippen LogP) is 2.13. The van der Waals surface area contributed by atoms with E-state index >= 15 is 0 Å². The Morgan fingerprint density at radius 3 is 1.84 bits per heavy atom. The molecule has 1 aromatic rings. The maximum absolute atomic E-state index is 12.5. The van der Waals surface area contributed by atoms with E-state index < -0.39 is 29.9 Å². The van der Waals surface area contributed by atoms with Crippen molar-refractivity contribution >= 4 is 41.4 Å². The zero-order valence-corrected chi connectivity index (χ0v) is 27.2. The van der Waals surface area contributed by atoms with Gasteiger partial charge in [-0.05, 0) is 30.0 Å². The Morgan fingerprint density at radius 1 is 0.864 bits per heavy atom. The number of primary amides is 1. The molecule has 1 aromatic carbocycles. The third kappa shape index (κ3) is 23.4. The van der Waals surface area contributed by atoms with Gasteiger partial charge in [0.25, 0.3) is 0 Å². The van der Waals surface area contributed by atoms with E-state index in [9.17, 15) is 28.8 Å². The fraction of sp³-hybridized carbons (Fsp3) is 0.600. The van der Waals surface area contributed by atoms with E-state index in [4.69, 9.17) is 15.6 Å². The first-order valence-corrected chi connectivity index (χ1v) is 14.6. The Labute approximate surface area is 260 Å². The third-order valence-corrected chi connectivity index (χ3v) is 5.30. The van der Waals surface area contributed by atoms with Gasteiger partial charge in [-0.1, -0.05) is 67.5 Å². The second-order valence-electron chi connectivity index (χ2n) is 10.6. The first-order valence-electron chi connectivity index (χ1n) is 14.6. The maximum Gasteiger partial charge on any atom is 0.312 e. The summed E-state index contributed by atoms with van der Waals surface area (Å²) in [6.45, 7) is 15.3. The smallest absolute Gasteiger partial charge is 0.312 e. The molecule has 8 N–H and O–H groups in total. The lowest BCUT2D eigenvalue weighted by atomic mass is 10.0. The number of benzene rings is 1. The van der Waals surface area contributed by atoms with Crippen molar-refractivity contribution in [2.24, 2.45) is 17.6 Å². The fourth-order valence-electron chi connectivity index (χ4n) is 2.79. The normalized spacial score (nSPS) is 10.8. The first kappa shape index (κ1) is 41.9. The van der Waals surface area contributed by atoms with Gasteiger partial charge in [0.2, 0.25) is 17.7 Å². The van der Waals surface area contributed by atoms with Gasteiger partial charge in [-0.25, -0.2) is 4.79 Å². The summed E-state index contributed by atoms with van der Waals surface area (Å²) in [5.41, 5.74) is 6.08. The molecule has 0 aliphatic rings. The second-order valence-corrected chi connectivity index (χ2v) is 10.6. The van der Waals surface area contributed by atoms with Crippen LogP contribution >= 0.6 is 0 Å². The van der Waals surface area contributed by atoms with Crippen LogP contribution in [-0.4, -0.2) is 72.5 Å². The Morgan fingerprint density at radius 2 is 1.43 bits per heavy atom. The van der Waals surface area contributed by atoms with E-state index in [0.29, 0.717) is 12.2 Å². The number of carbonyl (C=O) groups excluding carboxylic acids is 5. The number of hydrogen-bond donors (Lipinski definition) is 7. The van der Waals surface area contributed by atoms with Gasteiger partial charge in [-0.2, -0.15) is 0 Å². The molecule has 1 rings (SSSR count). The van der Waals surface area contributed by atoms with E-state index in [2.05, 4.69) is 26.6 Å². The maximum atomic E-state index is 12.5. The van der Waals surface area contributed by atoms with Crippen LogP contribution in [0.15, 0.2) is 24.3 Å². The fourth-order valence-corrected chi connectivity index (χ4v) is 2.79. The molecule has 14 nitrogen and oxygen atoms in total. The molecule has 0 aromatic heterocycles. The first-order chi connectivity index (χ1) is 20.5. The number of nitrogens with one attached hydrogen (secondary N) is 5. The monoisotopic (exact) mass is 624 g/mol. The van der Waals surface area contributed by atoms with E-state index in [1.807, 2.05) is 34.6 Å². The Kier molecular flexibility index (Phi) is 23.1. The molecular formula is C30H52N6O8. The molecule has 44 heavy (non-hydrogen) atoms. The molecule has 250 valence electrons. The van der Waals surface area contributed by atoms with Gasteiger partial charge >= 0.3 is 18.0 Å². The molecule has 0 heterocycles. The zero-order valence-electron chi connectivity index (χ0n) is 27.2. The highest BCUT2D eigenvalue weighted by atomic mass is 16.5. The van der Waals surface area contributed by atoms with Crippen LogP contribution in [-0.2, 0) is 35.3 Å². The van der Waals surface area contributed by atoms with E-state index in [1.165, 1.54) is 0 Å². The van der Waals surface area contributed by atoms with Gasteiger partial charge in [0.15, 0.2) is 0 Å². The summed E-state index contributed by atoms with van der Waals surface area (Å²) in [6, 6.07) is 5.85. The number of aliphatic carboxylic acids is 1. The summed E-state index contributed by atoms with van der Waals surface area (Å²) in [4.78, 5) is 67.4. The largest absolute Gasteiger partial charge is 0.481 e. The summed E-state index contributed by atoms with van der Waals surface area (Å²) < 4.78 is 5.16. The molecule has 0 spiro atoms. The summed E-state index contributed by atoms with van der Waals surface area (Å²) in [7, 11) is 0. The molecule has 1 atom stereocenters. The number of anilines is 1. The summed E-state index contributed by atoms with van der Waals surface area (Å²) in [5, 5.41) is 21.1. The van der Waals surface area contributed by atoms with Crippen molar-refractivity contribution in [2.75, 3.05) is 25.0 Å². The van der Waals surface area contributed by atoms with Crippen molar-refractivity contribution < 1.29 is 38.6 Å². The molecule has 0 aliphatic heterocycles. The van der Waals surface area contributed by atoms with Gasteiger partial charge in [0, 0.05) is 24.7 Å². The SMILES string of the molecule is CC(C)NCC(=O)NC(C(=O)NCC(=O)Nc1ccc(COC(=O)C(C)C)cc1)C(C)C.CCC(=O)O.CCCNC(N)=O. The van der Waals surface area contributed by atoms with Crippen LogP contribution < -0.4 is 32.3 Å². The van der Waals surface area contributed by atoms with Crippen LogP contribution in [0, 0.1) is 11.8 Å². The Bertz CT molecular complexity index is 1030. The molecule has 0 saturated carbocycles. The number of urea groups is 1. The zero-order chi connectivity index (χ0) is 34.2. The summed E-state index contributed by atoms with van der Waals surface area (Å²) in [6.07, 6.45) is 1.16. The number of rotatable bonds is 15. The summed E-state index contributed by atoms with van der Waals surface area (Å²) >= 11 is 0. The van der Waals surface area contributed by atoms with Crippen molar-refractivity contribution in [3.8, 4) is 0 Å². The van der Waals surface area contributed by atoms with Crippen molar-refractivity contribution in [3.05, 3.63) is 29.8 Å². The van der Waals surface area contributed by atoms with Crippen LogP contribution in [0.5, 0.6) is 0 Å². The number of carbonyl (C=O) groups is 6. The average molecular weight is 625 g/mol. The molecule has 0 bridgehead atoms. The minimum absolute atomic E-state index is 0.112. The van der Waals surface area contributed by atoms with Crippen molar-refractivity contribution in [3.63, 3.8) is 0 Å². The van der Waals surface area contributed by atoms with Gasteiger partial charge in [0.1, 0.15) is 12.6 Å². The van der Waals surface area contributed by atoms with E-state index in [-0.39, 0.29) is 55.9 Å².